The molecule has 0 spiro atoms. The Hall–Kier alpha value is -5.28. The molecular formula is C32H23ClN2O7. The van der Waals surface area contributed by atoms with Gasteiger partial charge in [0, 0.05) is 16.1 Å². The Morgan fingerprint density at radius 1 is 0.810 bits per heavy atom. The zero-order valence-corrected chi connectivity index (χ0v) is 23.0. The minimum atomic E-state index is -0.863. The Bertz CT molecular complexity index is 1720. The third kappa shape index (κ3) is 5.91. The molecule has 0 radical (unpaired) electrons. The quantitative estimate of drug-likeness (QED) is 0.164. The van der Waals surface area contributed by atoms with Crippen LogP contribution in [0.5, 0.6) is 5.75 Å². The molecule has 0 aromatic heterocycles. The van der Waals surface area contributed by atoms with Gasteiger partial charge in [-0.1, -0.05) is 54.1 Å². The van der Waals surface area contributed by atoms with Gasteiger partial charge in [-0.15, -0.1) is 0 Å². The van der Waals surface area contributed by atoms with Crippen LogP contribution in [0.3, 0.4) is 0 Å². The average Bonchev–Trinajstić information content (AvgIpc) is 3.25. The number of halogens is 1. The number of hydrogen-bond acceptors (Lipinski definition) is 7. The number of nitrogens with one attached hydrogen (secondary N) is 1. The van der Waals surface area contributed by atoms with E-state index < -0.39 is 30.3 Å². The number of carbonyl (C=O) groups is 5. The van der Waals surface area contributed by atoms with E-state index in [4.69, 9.17) is 21.1 Å². The second kappa shape index (κ2) is 12.1. The lowest BCUT2D eigenvalue weighted by atomic mass is 10.0. The van der Waals surface area contributed by atoms with Crippen molar-refractivity contribution in [2.24, 2.45) is 0 Å². The highest BCUT2D eigenvalue weighted by atomic mass is 35.5. The molecule has 0 fully saturated rings. The number of esters is 1. The molecule has 0 aliphatic carbocycles. The second-order valence-corrected chi connectivity index (χ2v) is 9.75. The van der Waals surface area contributed by atoms with E-state index >= 15 is 0 Å². The summed E-state index contributed by atoms with van der Waals surface area (Å²) in [5.74, 6) is -2.27. The number of benzene rings is 4. The molecule has 10 heteroatoms. The van der Waals surface area contributed by atoms with Gasteiger partial charge in [0.1, 0.15) is 5.75 Å². The van der Waals surface area contributed by atoms with Crippen molar-refractivity contribution in [3.05, 3.63) is 129 Å². The zero-order valence-electron chi connectivity index (χ0n) is 22.3. The topological polar surface area (TPSA) is 119 Å². The van der Waals surface area contributed by atoms with Gasteiger partial charge in [0.25, 0.3) is 17.7 Å². The van der Waals surface area contributed by atoms with Crippen molar-refractivity contribution in [2.75, 3.05) is 19.0 Å². The standard InChI is InChI=1S/C32H23ClN2O7/c1-41-23-11-7-19(8-12-23)17-35-30(38)24-13-9-21(15-25(24)31(35)39)32(40)42-18-28(36)34-27-14-10-22(33)16-26(27)29(37)20-5-3-2-4-6-20/h2-16H,17-18H2,1H3,(H,34,36). The van der Waals surface area contributed by atoms with Crippen molar-refractivity contribution in [3.63, 3.8) is 0 Å². The van der Waals surface area contributed by atoms with E-state index in [-0.39, 0.29) is 40.3 Å². The maximum absolute atomic E-state index is 13.0. The summed E-state index contributed by atoms with van der Waals surface area (Å²) in [7, 11) is 1.54. The molecule has 5 rings (SSSR count). The average molecular weight is 583 g/mol. The highest BCUT2D eigenvalue weighted by molar-refractivity contribution is 6.31. The first-order valence-electron chi connectivity index (χ1n) is 12.7. The number of anilines is 1. The van der Waals surface area contributed by atoms with E-state index in [0.29, 0.717) is 16.3 Å². The summed E-state index contributed by atoms with van der Waals surface area (Å²) < 4.78 is 10.3. The molecule has 0 unspecified atom stereocenters. The SMILES string of the molecule is COc1ccc(CN2C(=O)c3ccc(C(=O)OCC(=O)Nc4ccc(Cl)cc4C(=O)c4ccccc4)cc3C2=O)cc1. The Balaban J connectivity index is 1.23. The highest BCUT2D eigenvalue weighted by Crippen LogP contribution is 2.27. The number of nitrogens with zero attached hydrogens (tertiary/aromatic N) is 1. The third-order valence-corrected chi connectivity index (χ3v) is 6.81. The fourth-order valence-corrected chi connectivity index (χ4v) is 4.61. The van der Waals surface area contributed by atoms with Gasteiger partial charge < -0.3 is 14.8 Å². The van der Waals surface area contributed by atoms with Crippen molar-refractivity contribution in [1.29, 1.82) is 0 Å². The monoisotopic (exact) mass is 582 g/mol. The Morgan fingerprint density at radius 2 is 1.52 bits per heavy atom. The van der Waals surface area contributed by atoms with E-state index in [1.807, 2.05) is 0 Å². The molecule has 0 saturated heterocycles. The van der Waals surface area contributed by atoms with Gasteiger partial charge in [0.05, 0.1) is 36.0 Å². The number of imide groups is 1. The Morgan fingerprint density at radius 3 is 2.24 bits per heavy atom. The van der Waals surface area contributed by atoms with Crippen molar-refractivity contribution in [1.82, 2.24) is 4.90 Å². The summed E-state index contributed by atoms with van der Waals surface area (Å²) in [6, 6.07) is 23.9. The van der Waals surface area contributed by atoms with Gasteiger partial charge in [0.2, 0.25) is 0 Å². The third-order valence-electron chi connectivity index (χ3n) is 6.58. The smallest absolute Gasteiger partial charge is 0.338 e. The van der Waals surface area contributed by atoms with Gasteiger partial charge in [-0.3, -0.25) is 24.1 Å². The fraction of sp³-hybridized carbons (Fsp3) is 0.0938. The molecule has 1 N–H and O–H groups in total. The maximum Gasteiger partial charge on any atom is 0.338 e. The number of ether oxygens (including phenoxy) is 2. The van der Waals surface area contributed by atoms with Crippen molar-refractivity contribution >= 4 is 46.8 Å². The number of amides is 3. The van der Waals surface area contributed by atoms with Crippen molar-refractivity contribution < 1.29 is 33.4 Å². The predicted molar refractivity (Wildman–Crippen MR) is 154 cm³/mol. The van der Waals surface area contributed by atoms with Crippen LogP contribution in [0.2, 0.25) is 5.02 Å². The molecule has 42 heavy (non-hydrogen) atoms. The molecule has 3 amide bonds. The highest BCUT2D eigenvalue weighted by Gasteiger charge is 2.36. The van der Waals surface area contributed by atoms with Crippen LogP contribution in [-0.2, 0) is 16.1 Å². The molecule has 4 aromatic rings. The van der Waals surface area contributed by atoms with Crippen LogP contribution in [0.25, 0.3) is 0 Å². The number of rotatable bonds is 9. The Kier molecular flexibility index (Phi) is 8.12. The largest absolute Gasteiger partial charge is 0.497 e. The van der Waals surface area contributed by atoms with Gasteiger partial charge in [0.15, 0.2) is 12.4 Å². The molecule has 9 nitrogen and oxygen atoms in total. The summed E-state index contributed by atoms with van der Waals surface area (Å²) >= 11 is 6.09. The molecule has 0 bridgehead atoms. The van der Waals surface area contributed by atoms with Crippen LogP contribution in [0, 0.1) is 0 Å². The van der Waals surface area contributed by atoms with E-state index in [2.05, 4.69) is 5.32 Å². The first-order valence-corrected chi connectivity index (χ1v) is 13.1. The number of ketones is 1. The molecule has 210 valence electrons. The number of methoxy groups -OCH3 is 1. The van der Waals surface area contributed by atoms with Crippen LogP contribution in [-0.4, -0.2) is 48.1 Å². The van der Waals surface area contributed by atoms with Crippen LogP contribution in [0.1, 0.15) is 52.6 Å². The lowest BCUT2D eigenvalue weighted by Gasteiger charge is -2.14. The summed E-state index contributed by atoms with van der Waals surface area (Å²) in [4.78, 5) is 65.3. The minimum Gasteiger partial charge on any atom is -0.497 e. The number of fused-ring (bicyclic) bond motifs is 1. The fourth-order valence-electron chi connectivity index (χ4n) is 4.43. The summed E-state index contributed by atoms with van der Waals surface area (Å²) in [6.07, 6.45) is 0. The van der Waals surface area contributed by atoms with Gasteiger partial charge >= 0.3 is 5.97 Å². The molecule has 0 atom stereocenters. The Labute approximate surface area is 245 Å². The van der Waals surface area contributed by atoms with E-state index in [1.165, 1.54) is 36.4 Å². The lowest BCUT2D eigenvalue weighted by Crippen LogP contribution is -2.29. The first kappa shape index (κ1) is 28.3. The van der Waals surface area contributed by atoms with Crippen LogP contribution in [0.4, 0.5) is 5.69 Å². The van der Waals surface area contributed by atoms with E-state index in [9.17, 15) is 24.0 Å². The molecule has 1 heterocycles. The lowest BCUT2D eigenvalue weighted by molar-refractivity contribution is -0.119. The second-order valence-electron chi connectivity index (χ2n) is 9.31. The molecular weight excluding hydrogens is 560 g/mol. The molecule has 0 saturated carbocycles. The number of hydrogen-bond donors (Lipinski definition) is 1. The molecule has 1 aliphatic rings. The van der Waals surface area contributed by atoms with Crippen LogP contribution < -0.4 is 10.1 Å². The summed E-state index contributed by atoms with van der Waals surface area (Å²) in [5.41, 5.74) is 1.75. The van der Waals surface area contributed by atoms with Crippen molar-refractivity contribution in [2.45, 2.75) is 6.54 Å². The summed E-state index contributed by atoms with van der Waals surface area (Å²) in [5, 5.41) is 2.89. The predicted octanol–water partition coefficient (Wildman–Crippen LogP) is 5.17. The van der Waals surface area contributed by atoms with Crippen LogP contribution >= 0.6 is 11.6 Å². The normalized spacial score (nSPS) is 12.1. The van der Waals surface area contributed by atoms with Crippen molar-refractivity contribution in [3.8, 4) is 5.75 Å². The van der Waals surface area contributed by atoms with Gasteiger partial charge in [-0.25, -0.2) is 4.79 Å². The first-order chi connectivity index (χ1) is 20.2. The zero-order chi connectivity index (χ0) is 29.8. The maximum atomic E-state index is 13.0. The van der Waals surface area contributed by atoms with E-state index in [1.54, 1.807) is 61.7 Å². The molecule has 4 aromatic carbocycles. The summed E-state index contributed by atoms with van der Waals surface area (Å²) in [6.45, 7) is -0.607. The minimum absolute atomic E-state index is 0.000403. The molecule has 1 aliphatic heterocycles. The van der Waals surface area contributed by atoms with Gasteiger partial charge in [-0.05, 0) is 54.1 Å². The van der Waals surface area contributed by atoms with Crippen LogP contribution in [0.15, 0.2) is 91.0 Å². The van der Waals surface area contributed by atoms with Gasteiger partial charge in [-0.2, -0.15) is 0 Å². The number of carbonyl (C=O) groups excluding carboxylic acids is 5. The van der Waals surface area contributed by atoms with E-state index in [0.717, 1.165) is 10.5 Å².